The van der Waals surface area contributed by atoms with E-state index in [1.54, 1.807) is 57.2 Å². The maximum absolute atomic E-state index is 13.7. The van der Waals surface area contributed by atoms with E-state index in [9.17, 15) is 21.6 Å². The smallest absolute Gasteiger partial charge is 0.405 e. The van der Waals surface area contributed by atoms with Crippen LogP contribution in [0.15, 0.2) is 64.8 Å². The number of alkyl halides is 3. The normalized spacial score (nSPS) is 13.0. The first-order valence-corrected chi connectivity index (χ1v) is 12.3. The molecule has 0 bridgehead atoms. The molecule has 3 aromatic rings. The summed E-state index contributed by atoms with van der Waals surface area (Å²) >= 11 is 0.678. The summed E-state index contributed by atoms with van der Waals surface area (Å²) in [4.78, 5) is 7.90. The van der Waals surface area contributed by atoms with Crippen LogP contribution in [0.4, 0.5) is 13.2 Å². The van der Waals surface area contributed by atoms with Crippen LogP contribution in [0, 0.1) is 20.8 Å². The number of ether oxygens (including phenoxy) is 1. The number of sulfonamides is 1. The zero-order chi connectivity index (χ0) is 24.2. The summed E-state index contributed by atoms with van der Waals surface area (Å²) in [5, 5.41) is 0.0274. The van der Waals surface area contributed by atoms with Crippen molar-refractivity contribution in [1.82, 2.24) is 14.7 Å². The van der Waals surface area contributed by atoms with Crippen molar-refractivity contribution in [2.75, 3.05) is 5.75 Å². The van der Waals surface area contributed by atoms with Crippen molar-refractivity contribution in [3.8, 4) is 11.6 Å². The third-order valence-corrected chi connectivity index (χ3v) is 7.25. The molecular formula is C22H22F3N3O3S2. The Balaban J connectivity index is 1.77. The Kier molecular flexibility index (Phi) is 7.65. The average molecular weight is 498 g/mol. The van der Waals surface area contributed by atoms with E-state index in [-0.39, 0.29) is 15.9 Å². The number of thioether (sulfide) groups is 1. The molecule has 0 amide bonds. The van der Waals surface area contributed by atoms with Crippen molar-refractivity contribution in [2.24, 2.45) is 0 Å². The SMILES string of the molecule is Cc1cc(C)c(S(=O)(=O)NC(CSc2nccc(Oc3ccccc3)n2)C(F)(F)F)c(C)c1. The molecule has 0 fully saturated rings. The molecule has 176 valence electrons. The molecule has 1 N–H and O–H groups in total. The van der Waals surface area contributed by atoms with Gasteiger partial charge in [-0.25, -0.2) is 13.4 Å². The molecule has 2 aromatic carbocycles. The van der Waals surface area contributed by atoms with Crippen LogP contribution in [0.5, 0.6) is 11.6 Å². The molecular weight excluding hydrogens is 475 g/mol. The fourth-order valence-electron chi connectivity index (χ4n) is 3.25. The van der Waals surface area contributed by atoms with Crippen molar-refractivity contribution in [1.29, 1.82) is 0 Å². The highest BCUT2D eigenvalue weighted by Gasteiger charge is 2.43. The van der Waals surface area contributed by atoms with Gasteiger partial charge in [-0.2, -0.15) is 22.9 Å². The number of aryl methyl sites for hydroxylation is 3. The standard InChI is InChI=1S/C22H22F3N3O3S2/c1-14-11-15(2)20(16(3)12-14)33(29,30)28-18(22(23,24)25)13-32-21-26-10-9-19(27-21)31-17-7-5-4-6-8-17/h4-12,18,28H,13H2,1-3H3. The largest absolute Gasteiger partial charge is 0.439 e. The van der Waals surface area contributed by atoms with Crippen molar-refractivity contribution >= 4 is 21.8 Å². The second-order valence-electron chi connectivity index (χ2n) is 7.35. The minimum Gasteiger partial charge on any atom is -0.439 e. The zero-order valence-electron chi connectivity index (χ0n) is 18.1. The Morgan fingerprint density at radius 1 is 1.06 bits per heavy atom. The predicted octanol–water partition coefficient (Wildman–Crippen LogP) is 5.20. The van der Waals surface area contributed by atoms with E-state index in [4.69, 9.17) is 4.74 Å². The van der Waals surface area contributed by atoms with E-state index in [1.165, 1.54) is 12.3 Å². The van der Waals surface area contributed by atoms with Gasteiger partial charge in [0.1, 0.15) is 11.8 Å². The summed E-state index contributed by atoms with van der Waals surface area (Å²) < 4.78 is 74.1. The number of rotatable bonds is 8. The first-order valence-electron chi connectivity index (χ1n) is 9.81. The van der Waals surface area contributed by atoms with Gasteiger partial charge >= 0.3 is 6.18 Å². The summed E-state index contributed by atoms with van der Waals surface area (Å²) in [6.45, 7) is 4.89. The number of aromatic nitrogens is 2. The Morgan fingerprint density at radius 3 is 2.30 bits per heavy atom. The summed E-state index contributed by atoms with van der Waals surface area (Å²) in [6.07, 6.45) is -3.45. The second kappa shape index (κ2) is 10.1. The minimum atomic E-state index is -4.81. The molecule has 33 heavy (non-hydrogen) atoms. The summed E-state index contributed by atoms with van der Waals surface area (Å²) in [5.41, 5.74) is 1.58. The van der Waals surface area contributed by atoms with Gasteiger partial charge in [0.15, 0.2) is 5.16 Å². The highest BCUT2D eigenvalue weighted by Crippen LogP contribution is 2.29. The van der Waals surface area contributed by atoms with Crippen LogP contribution in [0.2, 0.25) is 0 Å². The third-order valence-electron chi connectivity index (χ3n) is 4.52. The molecule has 1 heterocycles. The lowest BCUT2D eigenvalue weighted by atomic mass is 10.1. The van der Waals surface area contributed by atoms with E-state index in [0.29, 0.717) is 28.6 Å². The summed E-state index contributed by atoms with van der Waals surface area (Å²) in [5.74, 6) is 0.0206. The lowest BCUT2D eigenvalue weighted by Gasteiger charge is -2.22. The Bertz CT molecular complexity index is 1200. The highest BCUT2D eigenvalue weighted by atomic mass is 32.2. The summed E-state index contributed by atoms with van der Waals surface area (Å²) in [7, 11) is -4.42. The Labute approximate surface area is 194 Å². The average Bonchev–Trinajstić information content (AvgIpc) is 2.70. The lowest BCUT2D eigenvalue weighted by Crippen LogP contribution is -2.47. The number of halogens is 3. The third kappa shape index (κ3) is 6.68. The molecule has 1 unspecified atom stereocenters. The van der Waals surface area contributed by atoms with Gasteiger partial charge in [0.2, 0.25) is 15.9 Å². The molecule has 1 atom stereocenters. The number of hydrogen-bond acceptors (Lipinski definition) is 6. The van der Waals surface area contributed by atoms with Gasteiger partial charge < -0.3 is 4.74 Å². The number of para-hydroxylation sites is 1. The van der Waals surface area contributed by atoms with Crippen molar-refractivity contribution in [3.05, 3.63) is 71.4 Å². The number of nitrogens with zero attached hydrogens (tertiary/aromatic N) is 2. The van der Waals surface area contributed by atoms with Crippen LogP contribution in [0.25, 0.3) is 0 Å². The van der Waals surface area contributed by atoms with Crippen molar-refractivity contribution in [2.45, 2.75) is 43.0 Å². The van der Waals surface area contributed by atoms with Gasteiger partial charge in [0, 0.05) is 18.0 Å². The molecule has 0 aliphatic carbocycles. The molecule has 0 radical (unpaired) electrons. The molecule has 6 nitrogen and oxygen atoms in total. The molecule has 0 saturated heterocycles. The molecule has 0 spiro atoms. The van der Waals surface area contributed by atoms with Crippen LogP contribution in [0.1, 0.15) is 16.7 Å². The van der Waals surface area contributed by atoms with Gasteiger partial charge in [-0.15, -0.1) is 0 Å². The summed E-state index contributed by atoms with van der Waals surface area (Å²) in [6, 6.07) is 11.1. The van der Waals surface area contributed by atoms with Gasteiger partial charge in [-0.05, 0) is 44.0 Å². The van der Waals surface area contributed by atoms with E-state index >= 15 is 0 Å². The maximum atomic E-state index is 13.7. The van der Waals surface area contributed by atoms with Gasteiger partial charge in [-0.3, -0.25) is 0 Å². The molecule has 0 saturated carbocycles. The van der Waals surface area contributed by atoms with E-state index in [2.05, 4.69) is 9.97 Å². The van der Waals surface area contributed by atoms with Crippen LogP contribution in [0.3, 0.4) is 0 Å². The van der Waals surface area contributed by atoms with Crippen molar-refractivity contribution in [3.63, 3.8) is 0 Å². The number of hydrogen-bond donors (Lipinski definition) is 1. The fraction of sp³-hybridized carbons (Fsp3) is 0.273. The Hall–Kier alpha value is -2.63. The fourth-order valence-corrected chi connectivity index (χ4v) is 5.91. The quantitative estimate of drug-likeness (QED) is 0.341. The highest BCUT2D eigenvalue weighted by molar-refractivity contribution is 7.99. The molecule has 1 aromatic heterocycles. The monoisotopic (exact) mass is 497 g/mol. The topological polar surface area (TPSA) is 81.2 Å². The Morgan fingerprint density at radius 2 is 1.70 bits per heavy atom. The van der Waals surface area contributed by atoms with Crippen LogP contribution >= 0.6 is 11.8 Å². The van der Waals surface area contributed by atoms with Gasteiger partial charge in [-0.1, -0.05) is 47.7 Å². The maximum Gasteiger partial charge on any atom is 0.405 e. The predicted molar refractivity (Wildman–Crippen MR) is 120 cm³/mol. The molecule has 0 aliphatic heterocycles. The molecule has 11 heteroatoms. The van der Waals surface area contributed by atoms with Crippen LogP contribution in [-0.4, -0.2) is 36.4 Å². The van der Waals surface area contributed by atoms with E-state index in [0.717, 1.165) is 5.56 Å². The lowest BCUT2D eigenvalue weighted by molar-refractivity contribution is -0.145. The van der Waals surface area contributed by atoms with Crippen LogP contribution < -0.4 is 9.46 Å². The zero-order valence-corrected chi connectivity index (χ0v) is 19.7. The van der Waals surface area contributed by atoms with Gasteiger partial charge in [0.05, 0.1) is 4.90 Å². The first-order chi connectivity index (χ1) is 15.5. The first kappa shape index (κ1) is 25.0. The van der Waals surface area contributed by atoms with Crippen molar-refractivity contribution < 1.29 is 26.3 Å². The molecule has 0 aliphatic rings. The number of benzene rings is 2. The number of nitrogens with one attached hydrogen (secondary N) is 1. The minimum absolute atomic E-state index is 0.0274. The van der Waals surface area contributed by atoms with Crippen LogP contribution in [-0.2, 0) is 10.0 Å². The molecule has 3 rings (SSSR count). The van der Waals surface area contributed by atoms with E-state index in [1.807, 2.05) is 10.8 Å². The second-order valence-corrected chi connectivity index (χ2v) is 9.98. The van der Waals surface area contributed by atoms with E-state index < -0.39 is 28.0 Å². The van der Waals surface area contributed by atoms with Gasteiger partial charge in [0.25, 0.3) is 0 Å².